The third kappa shape index (κ3) is 3.60. The molecule has 1 aromatic rings. The fraction of sp³-hybridized carbons (Fsp3) is 0.455. The summed E-state index contributed by atoms with van der Waals surface area (Å²) in [6.45, 7) is 4.32. The molecule has 0 fully saturated rings. The summed E-state index contributed by atoms with van der Waals surface area (Å²) in [6, 6.07) is 6.05. The molecule has 3 N–H and O–H groups in total. The van der Waals surface area contributed by atoms with E-state index in [1.54, 1.807) is 11.8 Å². The number of rotatable bonds is 4. The van der Waals surface area contributed by atoms with Crippen molar-refractivity contribution in [3.05, 3.63) is 23.8 Å². The van der Waals surface area contributed by atoms with Gasteiger partial charge < -0.3 is 10.8 Å². The molecule has 0 amide bonds. The predicted molar refractivity (Wildman–Crippen MR) is 62.6 cm³/mol. The summed E-state index contributed by atoms with van der Waals surface area (Å²) in [5, 5.41) is 8.88. The van der Waals surface area contributed by atoms with Crippen LogP contribution in [0.15, 0.2) is 23.1 Å². The molecule has 1 rings (SSSR count). The van der Waals surface area contributed by atoms with Gasteiger partial charge in [-0.25, -0.2) is 0 Å². The van der Waals surface area contributed by atoms with Gasteiger partial charge in [0.2, 0.25) is 0 Å². The number of hydrogen-bond acceptors (Lipinski definition) is 3. The lowest BCUT2D eigenvalue weighted by atomic mass is 10.2. The standard InChI is InChI=1S/C11H17NOS/c1-8-3-10(12)5-11(4-8)14-7-9(2)6-13/h3-5,9,13H,6-7,12H2,1-2H3. The summed E-state index contributed by atoms with van der Waals surface area (Å²) < 4.78 is 0. The van der Waals surface area contributed by atoms with Crippen molar-refractivity contribution in [2.45, 2.75) is 18.7 Å². The topological polar surface area (TPSA) is 46.2 Å². The molecule has 1 unspecified atom stereocenters. The fourth-order valence-electron chi connectivity index (χ4n) is 1.15. The Balaban J connectivity index is 2.58. The molecular formula is C11H17NOS. The van der Waals surface area contributed by atoms with E-state index in [0.717, 1.165) is 11.4 Å². The largest absolute Gasteiger partial charge is 0.399 e. The second-order valence-corrected chi connectivity index (χ2v) is 4.77. The quantitative estimate of drug-likeness (QED) is 0.593. The van der Waals surface area contributed by atoms with E-state index in [9.17, 15) is 0 Å². The highest BCUT2D eigenvalue weighted by molar-refractivity contribution is 7.99. The van der Waals surface area contributed by atoms with Crippen LogP contribution in [-0.2, 0) is 0 Å². The molecule has 0 saturated carbocycles. The van der Waals surface area contributed by atoms with Crippen molar-refractivity contribution in [3.8, 4) is 0 Å². The molecule has 0 radical (unpaired) electrons. The van der Waals surface area contributed by atoms with Crippen LogP contribution < -0.4 is 5.73 Å². The zero-order chi connectivity index (χ0) is 10.6. The maximum Gasteiger partial charge on any atom is 0.0464 e. The minimum atomic E-state index is 0.244. The van der Waals surface area contributed by atoms with Crippen LogP contribution in [0, 0.1) is 12.8 Å². The number of thioether (sulfide) groups is 1. The summed E-state index contributed by atoms with van der Waals surface area (Å²) in [4.78, 5) is 1.18. The molecule has 0 saturated heterocycles. The smallest absolute Gasteiger partial charge is 0.0464 e. The van der Waals surface area contributed by atoms with Gasteiger partial charge in [-0.15, -0.1) is 11.8 Å². The summed E-state index contributed by atoms with van der Waals surface area (Å²) in [6.07, 6.45) is 0. The highest BCUT2D eigenvalue weighted by Gasteiger charge is 2.02. The number of aryl methyl sites for hydroxylation is 1. The Morgan fingerprint density at radius 2 is 2.14 bits per heavy atom. The molecule has 0 bridgehead atoms. The van der Waals surface area contributed by atoms with Gasteiger partial charge in [-0.3, -0.25) is 0 Å². The van der Waals surface area contributed by atoms with Gasteiger partial charge in [0.05, 0.1) is 0 Å². The first-order chi connectivity index (χ1) is 6.61. The van der Waals surface area contributed by atoms with E-state index in [1.807, 2.05) is 26.0 Å². The van der Waals surface area contributed by atoms with E-state index in [4.69, 9.17) is 10.8 Å². The molecule has 0 aliphatic rings. The molecule has 78 valence electrons. The number of benzene rings is 1. The van der Waals surface area contributed by atoms with Crippen molar-refractivity contribution in [1.82, 2.24) is 0 Å². The predicted octanol–water partition coefficient (Wildman–Crippen LogP) is 2.30. The Kier molecular flexibility index (Phi) is 4.29. The Labute approximate surface area is 89.5 Å². The molecule has 0 aliphatic heterocycles. The van der Waals surface area contributed by atoms with E-state index < -0.39 is 0 Å². The van der Waals surface area contributed by atoms with Crippen LogP contribution in [0.1, 0.15) is 12.5 Å². The average molecular weight is 211 g/mol. The first kappa shape index (κ1) is 11.4. The van der Waals surface area contributed by atoms with Crippen LogP contribution in [0.3, 0.4) is 0 Å². The first-order valence-corrected chi connectivity index (χ1v) is 5.71. The molecule has 1 atom stereocenters. The summed E-state index contributed by atoms with van der Waals surface area (Å²) in [7, 11) is 0. The third-order valence-corrected chi connectivity index (χ3v) is 3.22. The molecule has 14 heavy (non-hydrogen) atoms. The minimum absolute atomic E-state index is 0.244. The maximum atomic E-state index is 8.88. The number of anilines is 1. The fourth-order valence-corrected chi connectivity index (χ4v) is 2.22. The van der Waals surface area contributed by atoms with Crippen molar-refractivity contribution in [2.24, 2.45) is 5.92 Å². The van der Waals surface area contributed by atoms with Crippen molar-refractivity contribution in [2.75, 3.05) is 18.1 Å². The lowest BCUT2D eigenvalue weighted by Crippen LogP contribution is -2.03. The van der Waals surface area contributed by atoms with Crippen LogP contribution in [0.25, 0.3) is 0 Å². The Bertz CT molecular complexity index is 281. The van der Waals surface area contributed by atoms with Crippen molar-refractivity contribution in [3.63, 3.8) is 0 Å². The highest BCUT2D eigenvalue weighted by atomic mass is 32.2. The van der Waals surface area contributed by atoms with Crippen LogP contribution in [0.4, 0.5) is 5.69 Å². The van der Waals surface area contributed by atoms with Gasteiger partial charge in [-0.1, -0.05) is 6.92 Å². The first-order valence-electron chi connectivity index (χ1n) is 4.72. The van der Waals surface area contributed by atoms with Gasteiger partial charge in [0.25, 0.3) is 0 Å². The van der Waals surface area contributed by atoms with Crippen molar-refractivity contribution >= 4 is 17.4 Å². The van der Waals surface area contributed by atoms with E-state index >= 15 is 0 Å². The number of aliphatic hydroxyl groups is 1. The van der Waals surface area contributed by atoms with E-state index in [1.165, 1.54) is 10.5 Å². The minimum Gasteiger partial charge on any atom is -0.399 e. The third-order valence-electron chi connectivity index (χ3n) is 1.92. The van der Waals surface area contributed by atoms with Crippen LogP contribution >= 0.6 is 11.8 Å². The molecule has 3 heteroatoms. The number of aliphatic hydroxyl groups excluding tert-OH is 1. The molecule has 0 aromatic heterocycles. The van der Waals surface area contributed by atoms with Gasteiger partial charge in [0.15, 0.2) is 0 Å². The van der Waals surface area contributed by atoms with Gasteiger partial charge in [0.1, 0.15) is 0 Å². The second-order valence-electron chi connectivity index (χ2n) is 3.68. The van der Waals surface area contributed by atoms with E-state index in [-0.39, 0.29) is 6.61 Å². The van der Waals surface area contributed by atoms with Crippen molar-refractivity contribution in [1.29, 1.82) is 0 Å². The lowest BCUT2D eigenvalue weighted by molar-refractivity contribution is 0.250. The molecular weight excluding hydrogens is 194 g/mol. The lowest BCUT2D eigenvalue weighted by Gasteiger charge is -2.08. The normalized spacial score (nSPS) is 12.8. The summed E-state index contributed by atoms with van der Waals surface area (Å²) in [5.74, 6) is 1.26. The summed E-state index contributed by atoms with van der Waals surface area (Å²) >= 11 is 1.74. The van der Waals surface area contributed by atoms with Crippen molar-refractivity contribution < 1.29 is 5.11 Å². The highest BCUT2D eigenvalue weighted by Crippen LogP contribution is 2.24. The molecule has 0 spiro atoms. The van der Waals surface area contributed by atoms with E-state index in [2.05, 4.69) is 6.07 Å². The second kappa shape index (κ2) is 5.27. The van der Waals surface area contributed by atoms with Crippen LogP contribution in [-0.4, -0.2) is 17.5 Å². The van der Waals surface area contributed by atoms with E-state index in [0.29, 0.717) is 5.92 Å². The number of hydrogen-bond donors (Lipinski definition) is 2. The average Bonchev–Trinajstić information content (AvgIpc) is 2.12. The Morgan fingerprint density at radius 1 is 1.43 bits per heavy atom. The van der Waals surface area contributed by atoms with Crippen LogP contribution in [0.2, 0.25) is 0 Å². The number of nitrogens with two attached hydrogens (primary N) is 1. The Hall–Kier alpha value is -0.670. The molecule has 0 aliphatic carbocycles. The molecule has 2 nitrogen and oxygen atoms in total. The SMILES string of the molecule is Cc1cc(N)cc(SCC(C)CO)c1. The Morgan fingerprint density at radius 3 is 2.71 bits per heavy atom. The monoisotopic (exact) mass is 211 g/mol. The van der Waals surface area contributed by atoms with Gasteiger partial charge in [0, 0.05) is 22.9 Å². The van der Waals surface area contributed by atoms with Crippen LogP contribution in [0.5, 0.6) is 0 Å². The molecule has 1 aromatic carbocycles. The summed E-state index contributed by atoms with van der Waals surface area (Å²) in [5.41, 5.74) is 7.73. The van der Waals surface area contributed by atoms with Gasteiger partial charge in [-0.05, 0) is 36.6 Å². The maximum absolute atomic E-state index is 8.88. The molecule has 0 heterocycles. The van der Waals surface area contributed by atoms with Gasteiger partial charge in [-0.2, -0.15) is 0 Å². The number of nitrogen functional groups attached to an aromatic ring is 1. The zero-order valence-electron chi connectivity index (χ0n) is 8.66. The van der Waals surface area contributed by atoms with Gasteiger partial charge >= 0.3 is 0 Å². The zero-order valence-corrected chi connectivity index (χ0v) is 9.47.